The molecule has 0 fully saturated rings. The third-order valence-electron chi connectivity index (χ3n) is 7.43. The highest BCUT2D eigenvalue weighted by molar-refractivity contribution is 7.10. The van der Waals surface area contributed by atoms with Crippen molar-refractivity contribution in [3.05, 3.63) is 92.7 Å². The van der Waals surface area contributed by atoms with E-state index in [0.29, 0.717) is 18.7 Å². The van der Waals surface area contributed by atoms with Crippen molar-refractivity contribution in [2.24, 2.45) is 0 Å². The quantitative estimate of drug-likeness (QED) is 0.253. The Hall–Kier alpha value is -2.92. The number of amides is 2. The number of rotatable bonds is 11. The number of hydrogen-bond donors (Lipinski definition) is 0. The van der Waals surface area contributed by atoms with Crippen LogP contribution in [0.3, 0.4) is 0 Å². The SMILES string of the molecule is CCCCCc1ccc(C(=O)N(CCCC)CC(=O)N2CCc3sccc3C2c2ccccc2C)cc1. The van der Waals surface area contributed by atoms with Gasteiger partial charge in [-0.15, -0.1) is 11.3 Å². The van der Waals surface area contributed by atoms with Gasteiger partial charge in [0, 0.05) is 23.5 Å². The first kappa shape index (κ1) is 27.1. The van der Waals surface area contributed by atoms with E-state index in [1.54, 1.807) is 16.2 Å². The standard InChI is InChI=1S/C32H40N2O2S/c1-4-6-8-12-25-14-16-26(17-15-25)32(36)33(20-7-5-2)23-30(35)34-21-18-29-28(19-22-37-29)31(34)27-13-10-9-11-24(27)3/h9-11,13-17,19,22,31H,4-8,12,18,20-21,23H2,1-3H3. The molecule has 1 aromatic heterocycles. The number of carbonyl (C=O) groups is 2. The second-order valence-electron chi connectivity index (χ2n) is 10.1. The van der Waals surface area contributed by atoms with Crippen LogP contribution >= 0.6 is 11.3 Å². The number of fused-ring (bicyclic) bond motifs is 1. The fraction of sp³-hybridized carbons (Fsp3) is 0.438. The van der Waals surface area contributed by atoms with Gasteiger partial charge in [0.2, 0.25) is 5.91 Å². The Labute approximate surface area is 226 Å². The van der Waals surface area contributed by atoms with E-state index in [4.69, 9.17) is 0 Å². The van der Waals surface area contributed by atoms with Crippen molar-refractivity contribution >= 4 is 23.2 Å². The Kier molecular flexibility index (Phi) is 9.56. The molecule has 5 heteroatoms. The Morgan fingerprint density at radius 2 is 1.70 bits per heavy atom. The molecule has 0 spiro atoms. The second kappa shape index (κ2) is 13.0. The molecule has 4 rings (SSSR count). The maximum Gasteiger partial charge on any atom is 0.254 e. The Morgan fingerprint density at radius 3 is 2.43 bits per heavy atom. The van der Waals surface area contributed by atoms with E-state index in [-0.39, 0.29) is 24.4 Å². The normalized spacial score (nSPS) is 14.9. The van der Waals surface area contributed by atoms with Crippen molar-refractivity contribution in [2.45, 2.75) is 71.8 Å². The van der Waals surface area contributed by atoms with Crippen LogP contribution in [-0.4, -0.2) is 41.2 Å². The molecule has 1 aliphatic rings. The number of nitrogens with zero attached hydrogens (tertiary/aromatic N) is 2. The predicted octanol–water partition coefficient (Wildman–Crippen LogP) is 7.21. The number of aryl methyl sites for hydroxylation is 2. The summed E-state index contributed by atoms with van der Waals surface area (Å²) in [7, 11) is 0. The highest BCUT2D eigenvalue weighted by Crippen LogP contribution is 2.39. The Morgan fingerprint density at radius 1 is 0.946 bits per heavy atom. The summed E-state index contributed by atoms with van der Waals surface area (Å²) in [6, 6.07) is 18.4. The van der Waals surface area contributed by atoms with E-state index in [1.807, 2.05) is 23.1 Å². The molecule has 3 aromatic rings. The third kappa shape index (κ3) is 6.51. The molecular formula is C32H40N2O2S. The highest BCUT2D eigenvalue weighted by atomic mass is 32.1. The van der Waals surface area contributed by atoms with Gasteiger partial charge in [0.05, 0.1) is 6.04 Å². The van der Waals surface area contributed by atoms with E-state index in [2.05, 4.69) is 62.5 Å². The zero-order valence-electron chi connectivity index (χ0n) is 22.5. The van der Waals surface area contributed by atoms with Gasteiger partial charge in [0.25, 0.3) is 5.91 Å². The number of carbonyl (C=O) groups excluding carboxylic acids is 2. The summed E-state index contributed by atoms with van der Waals surface area (Å²) in [4.78, 5) is 32.5. The number of thiophene rings is 1. The minimum atomic E-state index is -0.103. The van der Waals surface area contributed by atoms with Gasteiger partial charge in [-0.25, -0.2) is 0 Å². The lowest BCUT2D eigenvalue weighted by Gasteiger charge is -2.38. The Bertz CT molecular complexity index is 1180. The van der Waals surface area contributed by atoms with Gasteiger partial charge in [0.15, 0.2) is 0 Å². The zero-order chi connectivity index (χ0) is 26.2. The fourth-order valence-corrected chi connectivity index (χ4v) is 6.15. The molecule has 1 aliphatic heterocycles. The van der Waals surface area contributed by atoms with Gasteiger partial charge in [-0.1, -0.05) is 69.5 Å². The third-order valence-corrected chi connectivity index (χ3v) is 8.43. The van der Waals surface area contributed by atoms with Crippen LogP contribution in [0.2, 0.25) is 0 Å². The van der Waals surface area contributed by atoms with E-state index in [1.165, 1.54) is 46.4 Å². The largest absolute Gasteiger partial charge is 0.330 e. The van der Waals surface area contributed by atoms with Gasteiger partial charge in [-0.2, -0.15) is 0 Å². The molecular weight excluding hydrogens is 476 g/mol. The van der Waals surface area contributed by atoms with Crippen molar-refractivity contribution < 1.29 is 9.59 Å². The summed E-state index contributed by atoms with van der Waals surface area (Å²) >= 11 is 1.78. The Balaban J connectivity index is 1.54. The molecule has 1 atom stereocenters. The number of benzene rings is 2. The molecule has 1 unspecified atom stereocenters. The summed E-state index contributed by atoms with van der Waals surface area (Å²) in [6.07, 6.45) is 7.35. The van der Waals surface area contributed by atoms with Crippen molar-refractivity contribution in [3.63, 3.8) is 0 Å². The predicted molar refractivity (Wildman–Crippen MR) is 153 cm³/mol. The number of unbranched alkanes of at least 4 members (excludes halogenated alkanes) is 3. The first-order valence-corrected chi connectivity index (χ1v) is 14.7. The van der Waals surface area contributed by atoms with E-state index in [0.717, 1.165) is 25.7 Å². The molecule has 2 amide bonds. The molecule has 0 bridgehead atoms. The first-order valence-electron chi connectivity index (χ1n) is 13.8. The van der Waals surface area contributed by atoms with Gasteiger partial charge >= 0.3 is 0 Å². The average Bonchev–Trinajstić information content (AvgIpc) is 3.40. The monoisotopic (exact) mass is 516 g/mol. The molecule has 0 aliphatic carbocycles. The maximum absolute atomic E-state index is 13.9. The van der Waals surface area contributed by atoms with E-state index < -0.39 is 0 Å². The zero-order valence-corrected chi connectivity index (χ0v) is 23.4. The smallest absolute Gasteiger partial charge is 0.254 e. The summed E-state index contributed by atoms with van der Waals surface area (Å²) in [5, 5.41) is 2.13. The van der Waals surface area contributed by atoms with Gasteiger partial charge < -0.3 is 9.80 Å². The van der Waals surface area contributed by atoms with Gasteiger partial charge in [0.1, 0.15) is 6.54 Å². The van der Waals surface area contributed by atoms with E-state index in [9.17, 15) is 9.59 Å². The average molecular weight is 517 g/mol. The molecule has 4 nitrogen and oxygen atoms in total. The van der Waals surface area contributed by atoms with Crippen LogP contribution < -0.4 is 0 Å². The van der Waals surface area contributed by atoms with Crippen molar-refractivity contribution in [3.8, 4) is 0 Å². The molecule has 2 aromatic carbocycles. The molecule has 196 valence electrons. The minimum Gasteiger partial charge on any atom is -0.330 e. The molecule has 37 heavy (non-hydrogen) atoms. The molecule has 0 radical (unpaired) electrons. The summed E-state index contributed by atoms with van der Waals surface area (Å²) in [5.41, 5.74) is 5.51. The maximum atomic E-state index is 13.9. The van der Waals surface area contributed by atoms with Crippen LogP contribution in [-0.2, 0) is 17.6 Å². The summed E-state index contributed by atoms with van der Waals surface area (Å²) in [5.74, 6) is -0.0340. The first-order chi connectivity index (χ1) is 18.0. The van der Waals surface area contributed by atoms with Crippen LogP contribution in [0.15, 0.2) is 60.0 Å². The lowest BCUT2D eigenvalue weighted by atomic mass is 9.90. The van der Waals surface area contributed by atoms with Crippen LogP contribution in [0, 0.1) is 6.92 Å². The van der Waals surface area contributed by atoms with Crippen LogP contribution in [0.5, 0.6) is 0 Å². The van der Waals surface area contributed by atoms with Crippen molar-refractivity contribution in [2.75, 3.05) is 19.6 Å². The van der Waals surface area contributed by atoms with Crippen LogP contribution in [0.4, 0.5) is 0 Å². The molecule has 2 heterocycles. The molecule has 0 N–H and O–H groups in total. The van der Waals surface area contributed by atoms with Crippen molar-refractivity contribution in [1.29, 1.82) is 0 Å². The summed E-state index contributed by atoms with van der Waals surface area (Å²) in [6.45, 7) is 7.81. The van der Waals surface area contributed by atoms with Gasteiger partial charge in [-0.3, -0.25) is 9.59 Å². The lowest BCUT2D eigenvalue weighted by Crippen LogP contribution is -2.47. The molecule has 0 saturated heterocycles. The lowest BCUT2D eigenvalue weighted by molar-refractivity contribution is -0.134. The van der Waals surface area contributed by atoms with E-state index >= 15 is 0 Å². The van der Waals surface area contributed by atoms with Crippen LogP contribution in [0.1, 0.15) is 89.5 Å². The topological polar surface area (TPSA) is 40.6 Å². The molecule has 0 saturated carbocycles. The van der Waals surface area contributed by atoms with Gasteiger partial charge in [-0.05, 0) is 78.4 Å². The minimum absolute atomic E-state index is 0.0192. The summed E-state index contributed by atoms with van der Waals surface area (Å²) < 4.78 is 0. The number of hydrogen-bond acceptors (Lipinski definition) is 3. The van der Waals surface area contributed by atoms with Crippen molar-refractivity contribution in [1.82, 2.24) is 9.80 Å². The second-order valence-corrected chi connectivity index (χ2v) is 11.1. The highest BCUT2D eigenvalue weighted by Gasteiger charge is 2.34. The van der Waals surface area contributed by atoms with Crippen LogP contribution in [0.25, 0.3) is 0 Å². The fourth-order valence-electron chi connectivity index (χ4n) is 5.25.